The molecule has 1 unspecified atom stereocenters. The molecular formula is C30H38N4O8. The molecule has 226 valence electrons. The van der Waals surface area contributed by atoms with Crippen molar-refractivity contribution >= 4 is 41.2 Å². The Morgan fingerprint density at radius 3 is 2.52 bits per heavy atom. The average molecular weight is 583 g/mol. The fraction of sp³-hybridized carbons (Fsp3) is 0.467. The second kappa shape index (κ2) is 17.4. The summed E-state index contributed by atoms with van der Waals surface area (Å²) in [7, 11) is 0. The Morgan fingerprint density at radius 1 is 1.07 bits per heavy atom. The van der Waals surface area contributed by atoms with Crippen LogP contribution in [0.5, 0.6) is 0 Å². The Bertz CT molecular complexity index is 1220. The quantitative estimate of drug-likeness (QED) is 0.198. The normalized spacial score (nSPS) is 15.8. The summed E-state index contributed by atoms with van der Waals surface area (Å²) in [5.41, 5.74) is 4.12. The van der Waals surface area contributed by atoms with E-state index in [1.165, 1.54) is 6.26 Å². The minimum atomic E-state index is -0.527. The van der Waals surface area contributed by atoms with Crippen LogP contribution in [0.1, 0.15) is 63.5 Å². The molecule has 0 fully saturated rings. The van der Waals surface area contributed by atoms with Crippen molar-refractivity contribution in [2.75, 3.05) is 38.2 Å². The molecule has 4 rings (SSSR count). The summed E-state index contributed by atoms with van der Waals surface area (Å²) in [5, 5.41) is 11.2. The number of esters is 2. The Kier molecular flexibility index (Phi) is 13.2. The predicted molar refractivity (Wildman–Crippen MR) is 154 cm³/mol. The second-order valence-electron chi connectivity index (χ2n) is 9.32. The third kappa shape index (κ3) is 10.2. The van der Waals surface area contributed by atoms with Crippen LogP contribution in [-0.4, -0.2) is 78.9 Å². The third-order valence-corrected chi connectivity index (χ3v) is 6.44. The lowest BCUT2D eigenvalue weighted by Gasteiger charge is -2.26. The Balaban J connectivity index is 0.00000237. The highest BCUT2D eigenvalue weighted by Gasteiger charge is 2.23. The number of benzene rings is 1. The Hall–Kier alpha value is -4.48. The van der Waals surface area contributed by atoms with Gasteiger partial charge in [-0.25, -0.2) is 0 Å². The molecular weight excluding hydrogens is 544 g/mol. The van der Waals surface area contributed by atoms with Gasteiger partial charge in [0.2, 0.25) is 0 Å². The van der Waals surface area contributed by atoms with E-state index in [0.29, 0.717) is 44.6 Å². The smallest absolute Gasteiger partial charge is 0.306 e. The molecule has 0 saturated heterocycles. The average Bonchev–Trinajstić information content (AvgIpc) is 3.74. The van der Waals surface area contributed by atoms with E-state index in [1.807, 2.05) is 44.2 Å². The summed E-state index contributed by atoms with van der Waals surface area (Å²) in [6.45, 7) is 5.27. The van der Waals surface area contributed by atoms with Crippen LogP contribution in [0.4, 0.5) is 5.82 Å². The van der Waals surface area contributed by atoms with Gasteiger partial charge in [-0.05, 0) is 29.5 Å². The number of ether oxygens (including phenoxy) is 2. The van der Waals surface area contributed by atoms with Crippen molar-refractivity contribution in [3.8, 4) is 0 Å². The van der Waals surface area contributed by atoms with Crippen LogP contribution in [0.2, 0.25) is 0 Å². The fourth-order valence-electron chi connectivity index (χ4n) is 4.22. The van der Waals surface area contributed by atoms with Gasteiger partial charge in [0.25, 0.3) is 5.91 Å². The first-order chi connectivity index (χ1) is 20.5. The number of nitrogens with zero attached hydrogens (tertiary/aromatic N) is 3. The minimum Gasteiger partial charge on any atom is -0.466 e. The summed E-state index contributed by atoms with van der Waals surface area (Å²) in [6, 6.07) is 9.88. The first kappa shape index (κ1) is 32.0. The van der Waals surface area contributed by atoms with Crippen LogP contribution in [0.15, 0.2) is 52.3 Å². The molecule has 0 spiro atoms. The molecule has 42 heavy (non-hydrogen) atoms. The predicted octanol–water partition coefficient (Wildman–Crippen LogP) is 3.77. The van der Waals surface area contributed by atoms with E-state index in [-0.39, 0.29) is 50.9 Å². The van der Waals surface area contributed by atoms with E-state index in [2.05, 4.69) is 15.6 Å². The molecule has 1 amide bonds. The van der Waals surface area contributed by atoms with Gasteiger partial charge in [0.05, 0.1) is 25.3 Å². The van der Waals surface area contributed by atoms with E-state index in [4.69, 9.17) is 18.8 Å². The van der Waals surface area contributed by atoms with Gasteiger partial charge in [-0.3, -0.25) is 14.4 Å². The number of nitrogens with one attached hydrogen (secondary N) is 1. The van der Waals surface area contributed by atoms with Crippen molar-refractivity contribution < 1.29 is 38.0 Å². The molecule has 0 bridgehead atoms. The fourth-order valence-corrected chi connectivity index (χ4v) is 4.22. The maximum absolute atomic E-state index is 12.5. The minimum absolute atomic E-state index is 0.0240. The van der Waals surface area contributed by atoms with Gasteiger partial charge in [-0.2, -0.15) is 0 Å². The van der Waals surface area contributed by atoms with Gasteiger partial charge in [0.1, 0.15) is 18.7 Å². The van der Waals surface area contributed by atoms with E-state index in [1.54, 1.807) is 11.0 Å². The van der Waals surface area contributed by atoms with Gasteiger partial charge in [0, 0.05) is 38.4 Å². The van der Waals surface area contributed by atoms with E-state index < -0.39 is 11.9 Å². The maximum atomic E-state index is 12.5. The molecule has 3 heterocycles. The van der Waals surface area contributed by atoms with Gasteiger partial charge in [-0.1, -0.05) is 54.5 Å². The first-order valence-corrected chi connectivity index (χ1v) is 14.2. The number of aromatic nitrogens is 1. The molecule has 12 heteroatoms. The molecule has 1 aromatic heterocycles. The summed E-state index contributed by atoms with van der Waals surface area (Å²) in [4.78, 5) is 53.1. The third-order valence-electron chi connectivity index (χ3n) is 6.44. The summed E-state index contributed by atoms with van der Waals surface area (Å²) >= 11 is 0. The van der Waals surface area contributed by atoms with Crippen molar-refractivity contribution in [2.24, 2.45) is 5.16 Å². The molecule has 1 aromatic carbocycles. The van der Waals surface area contributed by atoms with Crippen LogP contribution in [0.25, 0.3) is 5.57 Å². The molecule has 2 aliphatic rings. The molecule has 2 aliphatic heterocycles. The molecule has 0 radical (unpaired) electrons. The molecule has 2 aromatic rings. The Morgan fingerprint density at radius 2 is 1.83 bits per heavy atom. The number of amides is 1. The van der Waals surface area contributed by atoms with Gasteiger partial charge in [0.15, 0.2) is 12.4 Å². The number of hydrogen-bond acceptors (Lipinski definition) is 11. The zero-order valence-electron chi connectivity index (χ0n) is 24.1. The molecule has 1 N–H and O–H groups in total. The lowest BCUT2D eigenvalue weighted by molar-refractivity contribution is -0.152. The SMILES string of the molecule is CC.O=CCCC(=O)OCCCC(=O)OCC(=O)N1CC=C(c2ccc(C3=NOC(CNc4ccon4)C3)cc2)CC1. The van der Waals surface area contributed by atoms with Crippen molar-refractivity contribution in [1.82, 2.24) is 10.1 Å². The molecule has 12 nitrogen and oxygen atoms in total. The number of aldehydes is 1. The lowest BCUT2D eigenvalue weighted by atomic mass is 9.96. The zero-order valence-corrected chi connectivity index (χ0v) is 24.1. The lowest BCUT2D eigenvalue weighted by Crippen LogP contribution is -2.37. The summed E-state index contributed by atoms with van der Waals surface area (Å²) in [6.07, 6.45) is 5.91. The first-order valence-electron chi connectivity index (χ1n) is 14.2. The molecule has 1 atom stereocenters. The van der Waals surface area contributed by atoms with E-state index in [9.17, 15) is 19.2 Å². The van der Waals surface area contributed by atoms with Crippen molar-refractivity contribution in [1.29, 1.82) is 0 Å². The van der Waals surface area contributed by atoms with Crippen LogP contribution in [0.3, 0.4) is 0 Å². The van der Waals surface area contributed by atoms with Crippen LogP contribution >= 0.6 is 0 Å². The Labute approximate surface area is 245 Å². The van der Waals surface area contributed by atoms with Crippen molar-refractivity contribution in [3.63, 3.8) is 0 Å². The number of hydrogen-bond donors (Lipinski definition) is 1. The largest absolute Gasteiger partial charge is 0.466 e. The van der Waals surface area contributed by atoms with E-state index >= 15 is 0 Å². The summed E-state index contributed by atoms with van der Waals surface area (Å²) in [5.74, 6) is -0.611. The van der Waals surface area contributed by atoms with Crippen LogP contribution in [0, 0.1) is 0 Å². The van der Waals surface area contributed by atoms with Crippen LogP contribution in [-0.2, 0) is 33.5 Å². The van der Waals surface area contributed by atoms with E-state index in [0.717, 1.165) is 22.4 Å². The molecule has 0 saturated carbocycles. The van der Waals surface area contributed by atoms with Crippen molar-refractivity contribution in [3.05, 3.63) is 53.8 Å². The topological polar surface area (TPSA) is 150 Å². The van der Waals surface area contributed by atoms with Crippen molar-refractivity contribution in [2.45, 2.75) is 58.5 Å². The van der Waals surface area contributed by atoms with Crippen LogP contribution < -0.4 is 5.32 Å². The molecule has 0 aliphatic carbocycles. The zero-order chi connectivity index (χ0) is 30.2. The number of oxime groups is 1. The number of carbonyl (C=O) groups excluding carboxylic acids is 4. The van der Waals surface area contributed by atoms with Gasteiger partial charge in [-0.15, -0.1) is 0 Å². The highest BCUT2D eigenvalue weighted by Crippen LogP contribution is 2.24. The van der Waals surface area contributed by atoms with Gasteiger partial charge < -0.3 is 33.8 Å². The number of anilines is 1. The maximum Gasteiger partial charge on any atom is 0.306 e. The summed E-state index contributed by atoms with van der Waals surface area (Å²) < 4.78 is 14.8. The van der Waals surface area contributed by atoms with Gasteiger partial charge >= 0.3 is 11.9 Å². The standard InChI is InChI=1S/C28H32N4O8.C2H6/c33-14-1-3-27(35)37-15-2-4-28(36)38-19-26(34)32-12-9-21(10-13-32)20-5-7-22(8-6-20)24-17-23(40-30-24)18-29-25-11-16-39-31-25;1-2/h5-9,11,14,16,23H,1-4,10,12-13,15,17-19H2,(H,29,31);1-2H3. The second-order valence-corrected chi connectivity index (χ2v) is 9.32. The monoisotopic (exact) mass is 582 g/mol. The highest BCUT2D eigenvalue weighted by molar-refractivity contribution is 6.01. The highest BCUT2D eigenvalue weighted by atomic mass is 16.6. The number of rotatable bonds is 14. The number of carbonyl (C=O) groups is 4.